The first kappa shape index (κ1) is 17.3. The van der Waals surface area contributed by atoms with Gasteiger partial charge in [-0.3, -0.25) is 9.36 Å². The minimum Gasteiger partial charge on any atom is -0.387 e. The molecule has 1 unspecified atom stereocenters. The highest BCUT2D eigenvalue weighted by atomic mass is 31.2. The number of aliphatic hydroxyl groups is 1. The lowest BCUT2D eigenvalue weighted by molar-refractivity contribution is -0.0234. The van der Waals surface area contributed by atoms with Crippen LogP contribution in [0.5, 0.6) is 0 Å². The van der Waals surface area contributed by atoms with E-state index in [2.05, 4.69) is 34.6 Å². The van der Waals surface area contributed by atoms with Crippen molar-refractivity contribution in [3.8, 4) is 0 Å². The van der Waals surface area contributed by atoms with Gasteiger partial charge in [0.05, 0.1) is 12.4 Å². The van der Waals surface area contributed by atoms with Gasteiger partial charge in [-0.1, -0.05) is 0 Å². The number of fused-ring (bicyclic) bond motifs is 1. The van der Waals surface area contributed by atoms with Crippen LogP contribution < -0.4 is 5.56 Å². The van der Waals surface area contributed by atoms with Crippen LogP contribution >= 0.6 is 6.89 Å². The van der Waals surface area contributed by atoms with Gasteiger partial charge < -0.3 is 14.8 Å². The molecule has 1 aliphatic heterocycles. The molecule has 2 N–H and O–H groups in total. The van der Waals surface area contributed by atoms with Crippen molar-refractivity contribution in [2.75, 3.05) is 19.5 Å². The number of nitrogens with one attached hydrogen (secondary N) is 1. The molecule has 4 atom stereocenters. The van der Waals surface area contributed by atoms with Crippen LogP contribution in [0, 0.1) is 6.92 Å². The molecular weight excluding hydrogens is 334 g/mol. The van der Waals surface area contributed by atoms with Gasteiger partial charge in [0.2, 0.25) is 0 Å². The molecule has 2 aromatic heterocycles. The molecule has 0 bridgehead atoms. The predicted molar refractivity (Wildman–Crippen MR) is 93.1 cm³/mol. The number of aromatic amines is 1. The molecule has 1 saturated heterocycles. The van der Waals surface area contributed by atoms with E-state index in [0.717, 1.165) is 6.16 Å². The van der Waals surface area contributed by atoms with Gasteiger partial charge >= 0.3 is 0 Å². The summed E-state index contributed by atoms with van der Waals surface area (Å²) in [5.41, 5.74) is -0.00810. The monoisotopic (exact) mass is 356 g/mol. The minimum atomic E-state index is -1.61. The number of nitrogens with zero attached hydrogens (tertiary/aromatic N) is 3. The third kappa shape index (κ3) is 3.18. The second-order valence-electron chi connectivity index (χ2n) is 6.92. The van der Waals surface area contributed by atoms with Crippen LogP contribution in [0.2, 0.25) is 0 Å². The summed E-state index contributed by atoms with van der Waals surface area (Å²) in [4.78, 5) is 22.7. The van der Waals surface area contributed by atoms with E-state index >= 15 is 0 Å². The zero-order valence-electron chi connectivity index (χ0n) is 13.9. The number of aromatic nitrogens is 4. The van der Waals surface area contributed by atoms with Crippen LogP contribution in [0.15, 0.2) is 11.1 Å². The Kier molecular flexibility index (Phi) is 4.40. The number of imidazole rings is 1. The predicted octanol–water partition coefficient (Wildman–Crippen LogP) is 1.12. The van der Waals surface area contributed by atoms with E-state index in [0.29, 0.717) is 12.2 Å². The molecule has 132 valence electrons. The molecule has 0 aromatic carbocycles. The Hall–Kier alpha value is -1.50. The van der Waals surface area contributed by atoms with Crippen molar-refractivity contribution >= 4 is 24.3 Å². The maximum atomic E-state index is 14.6. The molecule has 0 spiro atoms. The maximum Gasteiger partial charge on any atom is 0.279 e. The van der Waals surface area contributed by atoms with Gasteiger partial charge in [0.15, 0.2) is 23.6 Å². The van der Waals surface area contributed by atoms with Gasteiger partial charge in [-0.25, -0.2) is 14.4 Å². The standard InChI is InChI=1S/C15H22FN4O3P/c1-8-18-13-11(14(22)19-8)17-7-20(13)15-10(16)12(21)9(23-15)5-6-24(2,3)4/h7,9-10,12,15,21H,2,5-6H2,1,3-4H3,(H,18,19,22)/t9?,10-,12-,15-/m1/s1. The van der Waals surface area contributed by atoms with E-state index < -0.39 is 31.5 Å². The molecule has 24 heavy (non-hydrogen) atoms. The highest BCUT2D eigenvalue weighted by Gasteiger charge is 2.45. The molecule has 3 heterocycles. The van der Waals surface area contributed by atoms with Crippen LogP contribution in [-0.2, 0) is 4.74 Å². The molecule has 7 nitrogen and oxygen atoms in total. The summed E-state index contributed by atoms with van der Waals surface area (Å²) in [5, 5.41) is 10.2. The highest BCUT2D eigenvalue weighted by Crippen LogP contribution is 2.40. The number of aryl methyl sites for hydroxylation is 1. The molecule has 0 radical (unpaired) electrons. The fourth-order valence-electron chi connectivity index (χ4n) is 2.86. The Morgan fingerprint density at radius 1 is 1.54 bits per heavy atom. The zero-order valence-corrected chi connectivity index (χ0v) is 14.8. The minimum absolute atomic E-state index is 0.124. The van der Waals surface area contributed by atoms with Crippen molar-refractivity contribution in [3.05, 3.63) is 22.5 Å². The second kappa shape index (κ2) is 6.10. The summed E-state index contributed by atoms with van der Waals surface area (Å²) < 4.78 is 21.7. The molecule has 3 rings (SSSR count). The molecule has 0 saturated carbocycles. The summed E-state index contributed by atoms with van der Waals surface area (Å²) in [7, 11) is 0. The van der Waals surface area contributed by atoms with Gasteiger partial charge in [0.25, 0.3) is 5.56 Å². The van der Waals surface area contributed by atoms with Crippen LogP contribution in [-0.4, -0.2) is 68.8 Å². The lowest BCUT2D eigenvalue weighted by atomic mass is 10.1. The molecule has 0 aliphatic carbocycles. The lowest BCUT2D eigenvalue weighted by Crippen LogP contribution is -2.29. The molecule has 0 amide bonds. The fraction of sp³-hybridized carbons (Fsp3) is 0.600. The van der Waals surface area contributed by atoms with Crippen molar-refractivity contribution in [3.63, 3.8) is 0 Å². The van der Waals surface area contributed by atoms with Gasteiger partial charge in [-0.05, 0) is 32.8 Å². The number of halogens is 1. The number of alkyl halides is 1. The molecule has 2 aromatic rings. The number of hydrogen-bond acceptors (Lipinski definition) is 5. The van der Waals surface area contributed by atoms with E-state index in [1.54, 1.807) is 6.92 Å². The fourth-order valence-corrected chi connectivity index (χ4v) is 3.82. The molecular formula is C15H22FN4O3P. The van der Waals surface area contributed by atoms with E-state index in [9.17, 15) is 14.3 Å². The smallest absolute Gasteiger partial charge is 0.279 e. The summed E-state index contributed by atoms with van der Waals surface area (Å²) in [6.45, 7) is 4.52. The van der Waals surface area contributed by atoms with E-state index in [1.807, 2.05) is 0 Å². The first-order valence-electron chi connectivity index (χ1n) is 7.76. The van der Waals surface area contributed by atoms with Crippen molar-refractivity contribution in [2.24, 2.45) is 0 Å². The molecule has 9 heteroatoms. The maximum absolute atomic E-state index is 14.6. The average Bonchev–Trinajstić information content (AvgIpc) is 3.00. The van der Waals surface area contributed by atoms with Gasteiger partial charge in [-0.15, -0.1) is 13.2 Å². The van der Waals surface area contributed by atoms with Gasteiger partial charge in [0.1, 0.15) is 11.9 Å². The number of ether oxygens (including phenoxy) is 1. The topological polar surface area (TPSA) is 93.0 Å². The van der Waals surface area contributed by atoms with Crippen molar-refractivity contribution in [1.29, 1.82) is 0 Å². The van der Waals surface area contributed by atoms with Crippen LogP contribution in [0.4, 0.5) is 4.39 Å². The number of rotatable bonds is 4. The van der Waals surface area contributed by atoms with E-state index in [-0.39, 0.29) is 16.7 Å². The van der Waals surface area contributed by atoms with Crippen molar-refractivity contribution in [2.45, 2.75) is 38.0 Å². The number of aliphatic hydroxyl groups excluding tert-OH is 1. The Morgan fingerprint density at radius 3 is 2.92 bits per heavy atom. The highest BCUT2D eigenvalue weighted by molar-refractivity contribution is 7.72. The number of hydrogen-bond donors (Lipinski definition) is 2. The second-order valence-corrected chi connectivity index (χ2v) is 11.2. The first-order valence-corrected chi connectivity index (χ1v) is 10.8. The normalized spacial score (nSPS) is 27.9. The van der Waals surface area contributed by atoms with Crippen molar-refractivity contribution in [1.82, 2.24) is 19.5 Å². The van der Waals surface area contributed by atoms with Gasteiger partial charge in [0, 0.05) is 0 Å². The summed E-state index contributed by atoms with van der Waals surface area (Å²) in [6.07, 6.45) is 2.31. The summed E-state index contributed by atoms with van der Waals surface area (Å²) >= 11 is 0. The summed E-state index contributed by atoms with van der Waals surface area (Å²) in [6, 6.07) is 0. The third-order valence-corrected chi connectivity index (χ3v) is 5.61. The van der Waals surface area contributed by atoms with E-state index in [4.69, 9.17) is 4.74 Å². The van der Waals surface area contributed by atoms with Gasteiger partial charge in [-0.2, -0.15) is 0 Å². The summed E-state index contributed by atoms with van der Waals surface area (Å²) in [5.74, 6) is 0.406. The Bertz CT molecular complexity index is 858. The largest absolute Gasteiger partial charge is 0.387 e. The Balaban J connectivity index is 1.90. The zero-order chi connectivity index (χ0) is 17.6. The SMILES string of the molecule is C=P(C)(C)CCC1O[C@@H](n2cnc3c(=O)[nH]c(C)nc32)[C@H](F)[C@@H]1O. The average molecular weight is 356 g/mol. The Labute approximate surface area is 138 Å². The molecule has 1 aliphatic rings. The Morgan fingerprint density at radius 2 is 2.25 bits per heavy atom. The lowest BCUT2D eigenvalue weighted by Gasteiger charge is -2.18. The van der Waals surface area contributed by atoms with Crippen LogP contribution in [0.3, 0.4) is 0 Å². The number of H-pyrrole nitrogens is 1. The van der Waals surface area contributed by atoms with E-state index in [1.165, 1.54) is 10.9 Å². The first-order chi connectivity index (χ1) is 11.2. The van der Waals surface area contributed by atoms with Crippen LogP contribution in [0.1, 0.15) is 18.5 Å². The van der Waals surface area contributed by atoms with Crippen molar-refractivity contribution < 1.29 is 14.2 Å². The van der Waals surface area contributed by atoms with Crippen LogP contribution in [0.25, 0.3) is 11.2 Å². The molecule has 1 fully saturated rings. The third-order valence-electron chi connectivity index (χ3n) is 4.14. The quantitative estimate of drug-likeness (QED) is 0.801.